The molecule has 0 spiro atoms. The Hall–Kier alpha value is 0.414. The molecule has 33 heavy (non-hydrogen) atoms. The molecular formula is C22H50N2O8Y-2. The summed E-state index contributed by atoms with van der Waals surface area (Å²) in [7, 11) is 0. The minimum absolute atomic E-state index is 0. The fourth-order valence-corrected chi connectivity index (χ4v) is 1.88. The average molecular weight is 560 g/mol. The van der Waals surface area contributed by atoms with Crippen molar-refractivity contribution in [1.82, 2.24) is 0 Å². The first-order chi connectivity index (χ1) is 15.4. The van der Waals surface area contributed by atoms with E-state index in [-0.39, 0.29) is 91.3 Å². The van der Waals surface area contributed by atoms with E-state index in [1.54, 1.807) is 6.92 Å². The predicted molar refractivity (Wildman–Crippen MR) is 128 cm³/mol. The molecule has 0 amide bonds. The van der Waals surface area contributed by atoms with Crippen LogP contribution in [0.5, 0.6) is 0 Å². The second-order valence-corrected chi connectivity index (χ2v) is 6.69. The fraction of sp³-hybridized carbons (Fsp3) is 0.955. The summed E-state index contributed by atoms with van der Waals surface area (Å²) in [6.45, 7) is 7.89. The Labute approximate surface area is 226 Å². The van der Waals surface area contributed by atoms with Gasteiger partial charge in [0, 0.05) is 44.5 Å². The summed E-state index contributed by atoms with van der Waals surface area (Å²) in [5, 5.41) is 44.8. The van der Waals surface area contributed by atoms with Crippen LogP contribution in [0.25, 0.3) is 11.5 Å². The Kier molecular flexibility index (Phi) is 45.6. The van der Waals surface area contributed by atoms with E-state index in [1.165, 1.54) is 0 Å². The molecule has 0 aliphatic carbocycles. The number of aliphatic hydroxyl groups is 5. The average Bonchev–Trinajstić information content (AvgIpc) is 2.84. The van der Waals surface area contributed by atoms with Crippen molar-refractivity contribution in [2.45, 2.75) is 72.5 Å². The topological polar surface area (TPSA) is 184 Å². The second-order valence-electron chi connectivity index (χ2n) is 6.69. The van der Waals surface area contributed by atoms with Crippen molar-refractivity contribution in [1.29, 1.82) is 0 Å². The van der Waals surface area contributed by atoms with Gasteiger partial charge in [0.2, 0.25) is 0 Å². The van der Waals surface area contributed by atoms with Gasteiger partial charge in [-0.1, -0.05) is 40.5 Å². The van der Waals surface area contributed by atoms with Gasteiger partial charge in [-0.2, -0.15) is 6.54 Å². The largest absolute Gasteiger partial charge is 0.677 e. The number of unbranched alkanes of at least 4 members (excludes halogenated alkanes) is 2. The summed E-state index contributed by atoms with van der Waals surface area (Å²) in [6, 6.07) is 0. The Morgan fingerprint density at radius 1 is 0.788 bits per heavy atom. The Morgan fingerprint density at radius 2 is 1.18 bits per heavy atom. The first kappa shape index (κ1) is 43.5. The number of aliphatic hydroxyl groups excluding tert-OH is 5. The van der Waals surface area contributed by atoms with Crippen molar-refractivity contribution >= 4 is 5.78 Å². The maximum atomic E-state index is 10.4. The number of ether oxygens (including phenoxy) is 2. The van der Waals surface area contributed by atoms with Gasteiger partial charge in [0.05, 0.1) is 46.2 Å². The Balaban J connectivity index is -0.000000157. The van der Waals surface area contributed by atoms with Gasteiger partial charge in [-0.05, 0) is 13.3 Å². The standard InChI is InChI=1S/C11H24NO7.C7H14NO.2C2H6.Y/c12-5-11(6-17,7-18-9(1-13)2-14)8-19-10(3-15)4-16;1-7(9)5-3-2-4-6-8;2*1-2;/h9-10,12-17H,1-8H2;8H,2-6H2,1H3;2*1-2H3;/q2*-1;;;. The van der Waals surface area contributed by atoms with Crippen LogP contribution in [0.15, 0.2) is 0 Å². The zero-order valence-corrected chi connectivity index (χ0v) is 24.2. The maximum absolute atomic E-state index is 10.4. The molecule has 0 rings (SSSR count). The molecule has 0 unspecified atom stereocenters. The third-order valence-electron chi connectivity index (χ3n) is 3.98. The maximum Gasteiger partial charge on any atom is 0.129 e. The van der Waals surface area contributed by atoms with Gasteiger partial charge >= 0.3 is 0 Å². The number of nitrogens with one attached hydrogen (secondary N) is 2. The molecule has 0 aliphatic rings. The number of ketones is 1. The fourth-order valence-electron chi connectivity index (χ4n) is 1.88. The van der Waals surface area contributed by atoms with Crippen LogP contribution in [-0.4, -0.2) is 103 Å². The summed E-state index contributed by atoms with van der Waals surface area (Å²) >= 11 is 0. The van der Waals surface area contributed by atoms with Gasteiger partial charge in [0.1, 0.15) is 18.0 Å². The molecule has 0 saturated heterocycles. The molecule has 0 aliphatic heterocycles. The van der Waals surface area contributed by atoms with Crippen LogP contribution in [0.2, 0.25) is 0 Å². The third kappa shape index (κ3) is 28.5. The molecule has 10 nitrogen and oxygen atoms in total. The van der Waals surface area contributed by atoms with E-state index in [9.17, 15) is 9.90 Å². The van der Waals surface area contributed by atoms with Crippen LogP contribution in [0, 0.1) is 5.41 Å². The summed E-state index contributed by atoms with van der Waals surface area (Å²) in [5.41, 5.74) is 13.2. The molecule has 201 valence electrons. The summed E-state index contributed by atoms with van der Waals surface area (Å²) in [5.74, 6) is 0.264. The Morgan fingerprint density at radius 3 is 1.42 bits per heavy atom. The molecule has 0 fully saturated rings. The normalized spacial score (nSPS) is 10.2. The first-order valence-corrected chi connectivity index (χ1v) is 11.4. The molecule has 0 aromatic carbocycles. The van der Waals surface area contributed by atoms with Gasteiger partial charge in [0.25, 0.3) is 0 Å². The van der Waals surface area contributed by atoms with Crippen LogP contribution in [0.4, 0.5) is 0 Å². The van der Waals surface area contributed by atoms with E-state index in [4.69, 9.17) is 41.4 Å². The minimum Gasteiger partial charge on any atom is -0.677 e. The van der Waals surface area contributed by atoms with Crippen molar-refractivity contribution in [3.8, 4) is 0 Å². The van der Waals surface area contributed by atoms with Crippen molar-refractivity contribution < 1.29 is 72.5 Å². The molecule has 0 atom stereocenters. The van der Waals surface area contributed by atoms with Gasteiger partial charge in [-0.3, -0.25) is 0 Å². The summed E-state index contributed by atoms with van der Waals surface area (Å²) in [6.07, 6.45) is 2.08. The molecule has 0 bridgehead atoms. The number of hydrogen-bond acceptors (Lipinski definition) is 8. The molecule has 0 heterocycles. The molecule has 0 aromatic rings. The van der Waals surface area contributed by atoms with E-state index in [0.29, 0.717) is 13.0 Å². The van der Waals surface area contributed by atoms with Gasteiger partial charge < -0.3 is 51.3 Å². The first-order valence-electron chi connectivity index (χ1n) is 11.4. The SMILES string of the molecule is CC.CC.CC(=O)CCCCC[NH-].[NH-]CC(CO)(COC(CO)CO)COC(CO)CO.[Y]. The smallest absolute Gasteiger partial charge is 0.129 e. The zero-order valence-electron chi connectivity index (χ0n) is 21.4. The minimum atomic E-state index is -1.02. The third-order valence-corrected chi connectivity index (χ3v) is 3.98. The Bertz CT molecular complexity index is 339. The monoisotopic (exact) mass is 559 g/mol. The summed E-state index contributed by atoms with van der Waals surface area (Å²) < 4.78 is 10.4. The molecule has 0 saturated carbocycles. The number of rotatable bonds is 17. The molecule has 11 heteroatoms. The van der Waals surface area contributed by atoms with E-state index in [2.05, 4.69) is 0 Å². The zero-order chi connectivity index (χ0) is 25.8. The number of Topliss-reactive ketones (excluding diaryl/α,β-unsaturated/α-hetero) is 1. The molecule has 0 aromatic heterocycles. The van der Waals surface area contributed by atoms with Crippen LogP contribution in [-0.2, 0) is 47.0 Å². The van der Waals surface area contributed by atoms with Gasteiger partial charge in [-0.25, -0.2) is 0 Å². The van der Waals surface area contributed by atoms with E-state index in [0.717, 1.165) is 19.3 Å². The van der Waals surface area contributed by atoms with Crippen LogP contribution < -0.4 is 0 Å². The van der Waals surface area contributed by atoms with Crippen LogP contribution in [0.3, 0.4) is 0 Å². The van der Waals surface area contributed by atoms with Crippen molar-refractivity contribution in [2.24, 2.45) is 5.41 Å². The van der Waals surface area contributed by atoms with Gasteiger partial charge in [0.15, 0.2) is 0 Å². The number of carbonyl (C=O) groups excluding carboxylic acids is 1. The van der Waals surface area contributed by atoms with E-state index < -0.39 is 17.6 Å². The van der Waals surface area contributed by atoms with Gasteiger partial charge in [-0.15, -0.1) is 6.54 Å². The molecule has 7 N–H and O–H groups in total. The van der Waals surface area contributed by atoms with E-state index in [1.807, 2.05) is 27.7 Å². The predicted octanol–water partition coefficient (Wildman–Crippen LogP) is 1.99. The molecular weight excluding hydrogens is 509 g/mol. The number of hydrogen-bond donors (Lipinski definition) is 5. The number of carbonyl (C=O) groups is 1. The second kappa shape index (κ2) is 34.6. The quantitative estimate of drug-likeness (QED) is 0.168. The van der Waals surface area contributed by atoms with Crippen molar-refractivity contribution in [3.05, 3.63) is 11.5 Å². The van der Waals surface area contributed by atoms with Crippen molar-refractivity contribution in [2.75, 3.05) is 59.3 Å². The summed E-state index contributed by atoms with van der Waals surface area (Å²) in [4.78, 5) is 10.4. The van der Waals surface area contributed by atoms with E-state index >= 15 is 0 Å². The van der Waals surface area contributed by atoms with Crippen LogP contribution in [0.1, 0.15) is 60.3 Å². The van der Waals surface area contributed by atoms with Crippen LogP contribution >= 0.6 is 0 Å². The molecule has 1 radical (unpaired) electrons. The van der Waals surface area contributed by atoms with Crippen molar-refractivity contribution in [3.63, 3.8) is 0 Å².